The first-order valence-corrected chi connectivity index (χ1v) is 10.5. The second kappa shape index (κ2) is 8.69. The fourth-order valence-corrected chi connectivity index (χ4v) is 5.00. The summed E-state index contributed by atoms with van der Waals surface area (Å²) in [4.78, 5) is 26.0. The van der Waals surface area contributed by atoms with E-state index in [9.17, 15) is 14.2 Å². The van der Waals surface area contributed by atoms with Crippen LogP contribution < -0.4 is 10.0 Å². The average molecular weight is 426 g/mol. The smallest absolute Gasteiger partial charge is 0.459 e. The molecule has 1 atom stereocenters. The molecule has 0 radical (unpaired) electrons. The highest BCUT2D eigenvalue weighted by Crippen LogP contribution is 2.37. The van der Waals surface area contributed by atoms with Crippen LogP contribution in [-0.4, -0.2) is 18.4 Å². The van der Waals surface area contributed by atoms with E-state index in [-0.39, 0.29) is 22.1 Å². The number of halogens is 1. The molecule has 0 aromatic heterocycles. The van der Waals surface area contributed by atoms with Crippen LogP contribution in [-0.2, 0) is 4.57 Å². The van der Waals surface area contributed by atoms with E-state index < -0.39 is 13.3 Å². The Morgan fingerprint density at radius 3 is 2.28 bits per heavy atom. The standard InChI is InChI=1S/C23H19ClO4P/c1-14-12-13-17(21(25)16-8-5-4-6-9-16)15(2)22(14)29(27)23(26)20-18(24)10-7-11-19(20)28-3/h4-13H,1-3H3/q+1. The Morgan fingerprint density at radius 1 is 0.931 bits per heavy atom. The van der Waals surface area contributed by atoms with E-state index in [4.69, 9.17) is 16.3 Å². The average Bonchev–Trinajstić information content (AvgIpc) is 2.73. The summed E-state index contributed by atoms with van der Waals surface area (Å²) in [7, 11) is -1.09. The molecular weight excluding hydrogens is 407 g/mol. The molecule has 4 nitrogen and oxygen atoms in total. The summed E-state index contributed by atoms with van der Waals surface area (Å²) < 4.78 is 18.5. The summed E-state index contributed by atoms with van der Waals surface area (Å²) in [5.41, 5.74) is 1.60. The van der Waals surface area contributed by atoms with Gasteiger partial charge in [-0.3, -0.25) is 4.79 Å². The molecule has 0 saturated heterocycles. The van der Waals surface area contributed by atoms with Crippen LogP contribution in [0.2, 0.25) is 5.02 Å². The summed E-state index contributed by atoms with van der Waals surface area (Å²) >= 11 is 6.19. The molecule has 3 aromatic rings. The Morgan fingerprint density at radius 2 is 1.62 bits per heavy atom. The van der Waals surface area contributed by atoms with Gasteiger partial charge in [0.15, 0.2) is 5.78 Å². The Bertz CT molecular complexity index is 1120. The van der Waals surface area contributed by atoms with E-state index in [0.29, 0.717) is 27.6 Å². The van der Waals surface area contributed by atoms with Crippen molar-refractivity contribution in [3.8, 4) is 5.75 Å². The Balaban J connectivity index is 2.09. The number of ketones is 1. The van der Waals surface area contributed by atoms with Gasteiger partial charge < -0.3 is 4.74 Å². The van der Waals surface area contributed by atoms with Gasteiger partial charge in [0.1, 0.15) is 11.3 Å². The lowest BCUT2D eigenvalue weighted by Crippen LogP contribution is -2.17. The second-order valence-corrected chi connectivity index (χ2v) is 8.36. The maximum atomic E-state index is 13.3. The van der Waals surface area contributed by atoms with Gasteiger partial charge in [0.25, 0.3) is 0 Å². The predicted molar refractivity (Wildman–Crippen MR) is 115 cm³/mol. The van der Waals surface area contributed by atoms with Crippen molar-refractivity contribution in [2.24, 2.45) is 0 Å². The summed E-state index contributed by atoms with van der Waals surface area (Å²) in [6.45, 7) is 3.48. The van der Waals surface area contributed by atoms with Crippen LogP contribution in [0.5, 0.6) is 5.75 Å². The van der Waals surface area contributed by atoms with Crippen LogP contribution in [0.25, 0.3) is 0 Å². The lowest BCUT2D eigenvalue weighted by atomic mass is 9.97. The van der Waals surface area contributed by atoms with Crippen molar-refractivity contribution in [3.05, 3.63) is 93.5 Å². The minimum atomic E-state index is -2.51. The van der Waals surface area contributed by atoms with Crippen molar-refractivity contribution in [2.75, 3.05) is 7.11 Å². The largest absolute Gasteiger partial charge is 0.496 e. The molecule has 0 bridgehead atoms. The highest BCUT2D eigenvalue weighted by Gasteiger charge is 2.40. The molecule has 1 unspecified atom stereocenters. The number of rotatable bonds is 6. The topological polar surface area (TPSA) is 60.4 Å². The number of hydrogen-bond donors (Lipinski definition) is 0. The van der Waals surface area contributed by atoms with Gasteiger partial charge in [0.2, 0.25) is 5.30 Å². The number of hydrogen-bond acceptors (Lipinski definition) is 4. The molecule has 0 fully saturated rings. The lowest BCUT2D eigenvalue weighted by molar-refractivity contribution is 0.103. The van der Waals surface area contributed by atoms with Crippen LogP contribution in [0.4, 0.5) is 0 Å². The van der Waals surface area contributed by atoms with Gasteiger partial charge in [-0.15, -0.1) is 0 Å². The third-order valence-corrected chi connectivity index (χ3v) is 6.71. The highest BCUT2D eigenvalue weighted by molar-refractivity contribution is 7.71. The molecule has 3 rings (SSSR count). The Labute approximate surface area is 175 Å². The number of aryl methyl sites for hydroxylation is 1. The molecule has 0 amide bonds. The first kappa shape index (κ1) is 20.9. The zero-order chi connectivity index (χ0) is 21.1. The van der Waals surface area contributed by atoms with Gasteiger partial charge in [-0.1, -0.05) is 64.7 Å². The summed E-state index contributed by atoms with van der Waals surface area (Å²) in [6.07, 6.45) is 0. The molecule has 0 aliphatic carbocycles. The Hall–Kier alpha value is -2.81. The quantitative estimate of drug-likeness (QED) is 0.387. The Kier molecular flexibility index (Phi) is 6.26. The summed E-state index contributed by atoms with van der Waals surface area (Å²) in [5.74, 6) is 0.0770. The van der Waals surface area contributed by atoms with Gasteiger partial charge in [-0.05, 0) is 26.0 Å². The maximum Gasteiger partial charge on any atom is 0.459 e. The van der Waals surface area contributed by atoms with Crippen molar-refractivity contribution in [2.45, 2.75) is 13.8 Å². The molecule has 0 aliphatic heterocycles. The molecule has 29 heavy (non-hydrogen) atoms. The molecule has 0 heterocycles. The van der Waals surface area contributed by atoms with Crippen LogP contribution >= 0.6 is 19.4 Å². The van der Waals surface area contributed by atoms with Crippen LogP contribution in [0, 0.1) is 13.8 Å². The zero-order valence-corrected chi connectivity index (χ0v) is 17.9. The van der Waals surface area contributed by atoms with Crippen molar-refractivity contribution < 1.29 is 18.9 Å². The molecule has 0 N–H and O–H groups in total. The number of benzene rings is 3. The third-order valence-electron chi connectivity index (χ3n) is 4.71. The first-order valence-electron chi connectivity index (χ1n) is 8.90. The van der Waals surface area contributed by atoms with Gasteiger partial charge >= 0.3 is 13.3 Å². The van der Waals surface area contributed by atoms with E-state index in [1.165, 1.54) is 7.11 Å². The normalized spacial score (nSPS) is 11.1. The fourth-order valence-electron chi connectivity index (χ4n) is 3.22. The van der Waals surface area contributed by atoms with Gasteiger partial charge in [-0.2, -0.15) is 0 Å². The molecule has 146 valence electrons. The van der Waals surface area contributed by atoms with Crippen molar-refractivity contribution in [1.82, 2.24) is 0 Å². The van der Waals surface area contributed by atoms with E-state index in [1.807, 2.05) is 6.07 Å². The van der Waals surface area contributed by atoms with Gasteiger partial charge in [0, 0.05) is 22.3 Å². The SMILES string of the molecule is COc1cccc(Cl)c1C(=O)[P+](=O)c1c(C)ccc(C(=O)c2ccccc2)c1C. The molecular formula is C23H19ClO4P+. The number of ether oxygens (including phenoxy) is 1. The second-order valence-electron chi connectivity index (χ2n) is 6.52. The van der Waals surface area contributed by atoms with Crippen LogP contribution in [0.15, 0.2) is 60.7 Å². The van der Waals surface area contributed by atoms with Gasteiger partial charge in [0.05, 0.1) is 12.1 Å². The van der Waals surface area contributed by atoms with Crippen LogP contribution in [0.3, 0.4) is 0 Å². The summed E-state index contributed by atoms with van der Waals surface area (Å²) in [5, 5.41) is 0.526. The first-order chi connectivity index (χ1) is 13.9. The zero-order valence-electron chi connectivity index (χ0n) is 16.2. The van der Waals surface area contributed by atoms with E-state index in [2.05, 4.69) is 0 Å². The van der Waals surface area contributed by atoms with Crippen molar-refractivity contribution in [1.29, 1.82) is 0 Å². The van der Waals surface area contributed by atoms with Gasteiger partial charge in [-0.25, -0.2) is 4.79 Å². The monoisotopic (exact) mass is 425 g/mol. The maximum absolute atomic E-state index is 13.3. The minimum Gasteiger partial charge on any atom is -0.496 e. The summed E-state index contributed by atoms with van der Waals surface area (Å²) in [6, 6.07) is 17.1. The number of methoxy groups -OCH3 is 1. The fraction of sp³-hybridized carbons (Fsp3) is 0.130. The molecule has 0 aliphatic rings. The van der Waals surface area contributed by atoms with E-state index >= 15 is 0 Å². The number of carbonyl (C=O) groups is 2. The molecule has 0 saturated carbocycles. The third kappa shape index (κ3) is 4.00. The molecule has 0 spiro atoms. The van der Waals surface area contributed by atoms with Crippen molar-refractivity contribution >= 4 is 36.0 Å². The molecule has 6 heteroatoms. The highest BCUT2D eigenvalue weighted by atomic mass is 35.5. The van der Waals surface area contributed by atoms with Crippen LogP contribution in [0.1, 0.15) is 37.4 Å². The minimum absolute atomic E-state index is 0.0800. The van der Waals surface area contributed by atoms with E-state index in [1.54, 1.807) is 68.4 Å². The number of carbonyl (C=O) groups excluding carboxylic acids is 2. The van der Waals surface area contributed by atoms with Crippen molar-refractivity contribution in [3.63, 3.8) is 0 Å². The van der Waals surface area contributed by atoms with E-state index in [0.717, 1.165) is 0 Å². The molecule has 3 aromatic carbocycles. The lowest BCUT2D eigenvalue weighted by Gasteiger charge is -2.08. The predicted octanol–water partition coefficient (Wildman–Crippen LogP) is 5.49.